The Balaban J connectivity index is 1.58. The van der Waals surface area contributed by atoms with E-state index in [1.807, 2.05) is 27.8 Å². The number of rotatable bonds is 3. The Bertz CT molecular complexity index is 585. The zero-order valence-corrected chi connectivity index (χ0v) is 12.1. The Labute approximate surface area is 123 Å². The largest absolute Gasteiger partial charge is 0.343 e. The molecule has 1 aliphatic rings. The van der Waals surface area contributed by atoms with Crippen molar-refractivity contribution in [1.82, 2.24) is 24.6 Å². The topological polar surface area (TPSA) is 63.9 Å². The van der Waals surface area contributed by atoms with Crippen molar-refractivity contribution in [2.24, 2.45) is 5.92 Å². The van der Waals surface area contributed by atoms with Crippen molar-refractivity contribution in [3.05, 3.63) is 36.5 Å². The first-order chi connectivity index (χ1) is 10.2. The first-order valence-corrected chi connectivity index (χ1v) is 7.29. The minimum absolute atomic E-state index is 0.179. The SMILES string of the molecule is CC(=O)N1CCC(Cc2ccc(-n3ccnc3)nn2)CC1. The Morgan fingerprint density at radius 2 is 2.10 bits per heavy atom. The third kappa shape index (κ3) is 3.26. The van der Waals surface area contributed by atoms with E-state index >= 15 is 0 Å². The summed E-state index contributed by atoms with van der Waals surface area (Å²) >= 11 is 0. The standard InChI is InChI=1S/C15H19N5O/c1-12(21)19-7-4-13(5-8-19)10-14-2-3-15(18-17-14)20-9-6-16-11-20/h2-3,6,9,11,13H,4-5,7-8,10H2,1H3. The van der Waals surface area contributed by atoms with Crippen LogP contribution in [0.15, 0.2) is 30.9 Å². The summed E-state index contributed by atoms with van der Waals surface area (Å²) in [5, 5.41) is 8.54. The van der Waals surface area contributed by atoms with Gasteiger partial charge in [0.1, 0.15) is 6.33 Å². The zero-order chi connectivity index (χ0) is 14.7. The number of hydrogen-bond donors (Lipinski definition) is 0. The van der Waals surface area contributed by atoms with E-state index in [0.717, 1.165) is 43.9 Å². The highest BCUT2D eigenvalue weighted by Crippen LogP contribution is 2.21. The summed E-state index contributed by atoms with van der Waals surface area (Å²) in [6.45, 7) is 3.36. The maximum Gasteiger partial charge on any atom is 0.219 e. The molecule has 2 aromatic rings. The van der Waals surface area contributed by atoms with E-state index < -0.39 is 0 Å². The van der Waals surface area contributed by atoms with Crippen molar-refractivity contribution in [2.45, 2.75) is 26.2 Å². The lowest BCUT2D eigenvalue weighted by molar-refractivity contribution is -0.130. The van der Waals surface area contributed by atoms with Crippen LogP contribution in [0, 0.1) is 5.92 Å². The van der Waals surface area contributed by atoms with Gasteiger partial charge < -0.3 is 4.90 Å². The summed E-state index contributed by atoms with van der Waals surface area (Å²) in [6.07, 6.45) is 8.30. The summed E-state index contributed by atoms with van der Waals surface area (Å²) in [6, 6.07) is 3.99. The molecule has 0 saturated carbocycles. The highest BCUT2D eigenvalue weighted by Gasteiger charge is 2.21. The molecule has 6 heteroatoms. The quantitative estimate of drug-likeness (QED) is 0.856. The Morgan fingerprint density at radius 1 is 1.29 bits per heavy atom. The molecule has 1 aliphatic heterocycles. The summed E-state index contributed by atoms with van der Waals surface area (Å²) in [4.78, 5) is 17.2. The number of imidazole rings is 1. The van der Waals surface area contributed by atoms with E-state index in [0.29, 0.717) is 5.92 Å². The van der Waals surface area contributed by atoms with E-state index in [-0.39, 0.29) is 5.91 Å². The van der Waals surface area contributed by atoms with Crippen LogP contribution in [0.3, 0.4) is 0 Å². The van der Waals surface area contributed by atoms with Gasteiger partial charge in [0, 0.05) is 32.4 Å². The van der Waals surface area contributed by atoms with Crippen molar-refractivity contribution in [2.75, 3.05) is 13.1 Å². The van der Waals surface area contributed by atoms with Crippen LogP contribution in [0.4, 0.5) is 0 Å². The second kappa shape index (κ2) is 6.03. The summed E-state index contributed by atoms with van der Waals surface area (Å²) in [5.74, 6) is 1.55. The van der Waals surface area contributed by atoms with Gasteiger partial charge in [0.2, 0.25) is 5.91 Å². The highest BCUT2D eigenvalue weighted by atomic mass is 16.2. The molecule has 3 heterocycles. The van der Waals surface area contributed by atoms with E-state index in [1.54, 1.807) is 19.4 Å². The average Bonchev–Trinajstić information content (AvgIpc) is 3.03. The van der Waals surface area contributed by atoms with E-state index in [9.17, 15) is 4.79 Å². The summed E-state index contributed by atoms with van der Waals surface area (Å²) in [7, 11) is 0. The summed E-state index contributed by atoms with van der Waals surface area (Å²) < 4.78 is 1.84. The maximum absolute atomic E-state index is 11.3. The number of carbonyl (C=O) groups is 1. The molecule has 6 nitrogen and oxygen atoms in total. The number of likely N-dealkylation sites (tertiary alicyclic amines) is 1. The predicted molar refractivity (Wildman–Crippen MR) is 77.8 cm³/mol. The van der Waals surface area contributed by atoms with Crippen molar-refractivity contribution in [1.29, 1.82) is 0 Å². The van der Waals surface area contributed by atoms with Gasteiger partial charge in [-0.3, -0.25) is 9.36 Å². The molecule has 0 radical (unpaired) electrons. The molecule has 3 rings (SSSR count). The molecule has 1 fully saturated rings. The van der Waals surface area contributed by atoms with Gasteiger partial charge in [-0.05, 0) is 37.3 Å². The minimum atomic E-state index is 0.179. The number of hydrogen-bond acceptors (Lipinski definition) is 4. The lowest BCUT2D eigenvalue weighted by Crippen LogP contribution is -2.37. The van der Waals surface area contributed by atoms with Crippen LogP contribution in [0.25, 0.3) is 5.82 Å². The second-order valence-electron chi connectivity index (χ2n) is 5.51. The van der Waals surface area contributed by atoms with Gasteiger partial charge in [0.25, 0.3) is 0 Å². The third-order valence-electron chi connectivity index (χ3n) is 4.03. The molecule has 2 aromatic heterocycles. The number of amides is 1. The maximum atomic E-state index is 11.3. The fourth-order valence-corrected chi connectivity index (χ4v) is 2.74. The minimum Gasteiger partial charge on any atom is -0.343 e. The van der Waals surface area contributed by atoms with Crippen LogP contribution in [0.1, 0.15) is 25.5 Å². The molecule has 0 bridgehead atoms. The normalized spacial score (nSPS) is 16.1. The molecule has 0 atom stereocenters. The van der Waals surface area contributed by atoms with Gasteiger partial charge in [0.05, 0.1) is 5.69 Å². The van der Waals surface area contributed by atoms with Gasteiger partial charge in [-0.2, -0.15) is 5.10 Å². The van der Waals surface area contributed by atoms with Crippen LogP contribution >= 0.6 is 0 Å². The Hall–Kier alpha value is -2.24. The Morgan fingerprint density at radius 3 is 2.67 bits per heavy atom. The van der Waals surface area contributed by atoms with Crippen molar-refractivity contribution in [3.8, 4) is 5.82 Å². The van der Waals surface area contributed by atoms with Gasteiger partial charge in [-0.1, -0.05) is 0 Å². The lowest BCUT2D eigenvalue weighted by Gasteiger charge is -2.31. The van der Waals surface area contributed by atoms with Crippen molar-refractivity contribution in [3.63, 3.8) is 0 Å². The Kier molecular flexibility index (Phi) is 3.94. The molecule has 0 unspecified atom stereocenters. The number of piperidine rings is 1. The van der Waals surface area contributed by atoms with Crippen LogP contribution in [0.5, 0.6) is 0 Å². The average molecular weight is 285 g/mol. The van der Waals surface area contributed by atoms with Crippen LogP contribution in [-0.2, 0) is 11.2 Å². The predicted octanol–water partition coefficient (Wildman–Crippen LogP) is 1.46. The van der Waals surface area contributed by atoms with Gasteiger partial charge in [-0.25, -0.2) is 4.98 Å². The van der Waals surface area contributed by atoms with Crippen molar-refractivity contribution < 1.29 is 4.79 Å². The second-order valence-corrected chi connectivity index (χ2v) is 5.51. The van der Waals surface area contributed by atoms with E-state index in [4.69, 9.17) is 0 Å². The lowest BCUT2D eigenvalue weighted by atomic mass is 9.92. The molecule has 110 valence electrons. The summed E-state index contributed by atoms with van der Waals surface area (Å²) in [5.41, 5.74) is 1.01. The molecular weight excluding hydrogens is 266 g/mol. The van der Waals surface area contributed by atoms with Crippen LogP contribution < -0.4 is 0 Å². The van der Waals surface area contributed by atoms with Gasteiger partial charge >= 0.3 is 0 Å². The smallest absolute Gasteiger partial charge is 0.219 e. The number of aromatic nitrogens is 4. The highest BCUT2D eigenvalue weighted by molar-refractivity contribution is 5.73. The molecule has 0 spiro atoms. The number of nitrogens with zero attached hydrogens (tertiary/aromatic N) is 5. The van der Waals surface area contributed by atoms with Gasteiger partial charge in [0.15, 0.2) is 5.82 Å². The molecule has 0 N–H and O–H groups in total. The molecule has 1 saturated heterocycles. The molecule has 21 heavy (non-hydrogen) atoms. The molecule has 1 amide bonds. The van der Waals surface area contributed by atoms with Crippen LogP contribution in [0.2, 0.25) is 0 Å². The fraction of sp³-hybridized carbons (Fsp3) is 0.467. The van der Waals surface area contributed by atoms with Crippen LogP contribution in [-0.4, -0.2) is 43.6 Å². The van der Waals surface area contributed by atoms with Crippen molar-refractivity contribution >= 4 is 5.91 Å². The van der Waals surface area contributed by atoms with E-state index in [2.05, 4.69) is 15.2 Å². The molecular formula is C15H19N5O. The molecule has 0 aliphatic carbocycles. The first kappa shape index (κ1) is 13.7. The fourth-order valence-electron chi connectivity index (χ4n) is 2.74. The van der Waals surface area contributed by atoms with Gasteiger partial charge in [-0.15, -0.1) is 5.10 Å². The molecule has 0 aromatic carbocycles. The third-order valence-corrected chi connectivity index (χ3v) is 4.03. The monoisotopic (exact) mass is 285 g/mol. The van der Waals surface area contributed by atoms with E-state index in [1.165, 1.54) is 0 Å². The first-order valence-electron chi connectivity index (χ1n) is 7.29. The zero-order valence-electron chi connectivity index (χ0n) is 12.1. The number of carbonyl (C=O) groups excluding carboxylic acids is 1.